The number of rotatable bonds is 2. The van der Waals surface area contributed by atoms with Gasteiger partial charge in [-0.3, -0.25) is 0 Å². The Balaban J connectivity index is 2.77. The molecule has 1 aromatic rings. The van der Waals surface area contributed by atoms with Gasteiger partial charge in [0, 0.05) is 6.42 Å². The van der Waals surface area contributed by atoms with Crippen LogP contribution in [0.25, 0.3) is 0 Å². The summed E-state index contributed by atoms with van der Waals surface area (Å²) in [5.74, 6) is 1.50. The Hall–Kier alpha value is -0.990. The van der Waals surface area contributed by atoms with Gasteiger partial charge in [0.2, 0.25) is 0 Å². The number of hydrogen-bond donors (Lipinski definition) is 1. The highest BCUT2D eigenvalue weighted by Gasteiger charge is 2.08. The monoisotopic (exact) mass is 154 g/mol. The van der Waals surface area contributed by atoms with Crippen LogP contribution >= 0.6 is 0 Å². The number of oxazole rings is 1. The van der Waals surface area contributed by atoms with Crippen molar-refractivity contribution in [2.45, 2.75) is 27.2 Å². The van der Waals surface area contributed by atoms with Gasteiger partial charge < -0.3 is 10.2 Å². The van der Waals surface area contributed by atoms with Gasteiger partial charge in [-0.05, 0) is 12.8 Å². The van der Waals surface area contributed by atoms with Crippen LogP contribution in [0.1, 0.15) is 25.3 Å². The van der Waals surface area contributed by atoms with Gasteiger partial charge in [0.15, 0.2) is 0 Å². The topological polar surface area (TPSA) is 52.0 Å². The van der Waals surface area contributed by atoms with Gasteiger partial charge in [-0.1, -0.05) is 13.8 Å². The number of aryl methyl sites for hydroxylation is 1. The average Bonchev–Trinajstić information content (AvgIpc) is 2.09. The largest absolute Gasteiger partial charge is 0.429 e. The Bertz CT molecular complexity index is 240. The van der Waals surface area contributed by atoms with E-state index in [9.17, 15) is 0 Å². The summed E-state index contributed by atoms with van der Waals surface area (Å²) in [6.07, 6.45) is 0.913. The Labute approximate surface area is 66.6 Å². The third-order valence-corrected chi connectivity index (χ3v) is 1.50. The van der Waals surface area contributed by atoms with Gasteiger partial charge >= 0.3 is 0 Å². The summed E-state index contributed by atoms with van der Waals surface area (Å²) in [6, 6.07) is 0.276. The number of aromatic nitrogens is 1. The molecule has 0 radical (unpaired) electrons. The number of hydrogen-bond acceptors (Lipinski definition) is 3. The molecule has 0 saturated carbocycles. The molecule has 11 heavy (non-hydrogen) atoms. The summed E-state index contributed by atoms with van der Waals surface area (Å²) >= 11 is 0. The maximum Gasteiger partial charge on any atom is 0.292 e. The maximum absolute atomic E-state index is 5.38. The predicted molar refractivity (Wildman–Crippen MR) is 44.2 cm³/mol. The highest BCUT2D eigenvalue weighted by Crippen LogP contribution is 2.15. The number of nitrogens with two attached hydrogens (primary N) is 1. The molecule has 0 saturated heterocycles. The zero-order valence-corrected chi connectivity index (χ0v) is 7.22. The second-order valence-corrected chi connectivity index (χ2v) is 3.16. The fourth-order valence-electron chi connectivity index (χ4n) is 1.01. The zero-order valence-electron chi connectivity index (χ0n) is 7.22. The minimum absolute atomic E-state index is 0.276. The molecular formula is C8H14N2O. The molecule has 3 nitrogen and oxygen atoms in total. The van der Waals surface area contributed by atoms with E-state index in [0.29, 0.717) is 5.92 Å². The normalized spacial score (nSPS) is 10.9. The minimum Gasteiger partial charge on any atom is -0.429 e. The van der Waals surface area contributed by atoms with Gasteiger partial charge in [-0.15, -0.1) is 0 Å². The summed E-state index contributed by atoms with van der Waals surface area (Å²) < 4.78 is 5.19. The van der Waals surface area contributed by atoms with Crippen LogP contribution in [0.4, 0.5) is 6.01 Å². The van der Waals surface area contributed by atoms with Crippen molar-refractivity contribution in [3.05, 3.63) is 11.5 Å². The molecule has 62 valence electrons. The molecule has 3 heteroatoms. The summed E-state index contributed by atoms with van der Waals surface area (Å²) in [5.41, 5.74) is 6.29. The lowest BCUT2D eigenvalue weighted by Gasteiger charge is -1.99. The molecule has 0 aromatic carbocycles. The van der Waals surface area contributed by atoms with E-state index in [2.05, 4.69) is 18.8 Å². The van der Waals surface area contributed by atoms with Crippen LogP contribution in [0, 0.1) is 12.8 Å². The standard InChI is InChI=1S/C8H14N2O/c1-5(2)4-7-6(3)10-8(9)11-7/h5H,4H2,1-3H3,(H2,9,10). The van der Waals surface area contributed by atoms with Crippen molar-refractivity contribution in [2.24, 2.45) is 5.92 Å². The maximum atomic E-state index is 5.38. The lowest BCUT2D eigenvalue weighted by Crippen LogP contribution is -1.93. The van der Waals surface area contributed by atoms with E-state index in [0.717, 1.165) is 17.9 Å². The van der Waals surface area contributed by atoms with Gasteiger partial charge in [0.05, 0.1) is 5.69 Å². The lowest BCUT2D eigenvalue weighted by atomic mass is 10.1. The second kappa shape index (κ2) is 2.95. The van der Waals surface area contributed by atoms with Crippen LogP contribution in [0.5, 0.6) is 0 Å². The Morgan fingerprint density at radius 1 is 1.55 bits per heavy atom. The van der Waals surface area contributed by atoms with E-state index in [1.807, 2.05) is 6.92 Å². The third-order valence-electron chi connectivity index (χ3n) is 1.50. The van der Waals surface area contributed by atoms with Crippen LogP contribution < -0.4 is 5.73 Å². The molecular weight excluding hydrogens is 140 g/mol. The summed E-state index contributed by atoms with van der Waals surface area (Å²) in [4.78, 5) is 3.98. The summed E-state index contributed by atoms with van der Waals surface area (Å²) in [6.45, 7) is 6.19. The van der Waals surface area contributed by atoms with Gasteiger partial charge in [-0.2, -0.15) is 4.98 Å². The van der Waals surface area contributed by atoms with E-state index < -0.39 is 0 Å². The first-order valence-electron chi connectivity index (χ1n) is 3.81. The van der Waals surface area contributed by atoms with E-state index in [1.165, 1.54) is 0 Å². The number of nitrogens with zero attached hydrogens (tertiary/aromatic N) is 1. The number of nitrogen functional groups attached to an aromatic ring is 1. The lowest BCUT2D eigenvalue weighted by molar-refractivity contribution is 0.480. The zero-order chi connectivity index (χ0) is 8.43. The molecule has 0 spiro atoms. The molecule has 0 atom stereocenters. The highest BCUT2D eigenvalue weighted by molar-refractivity contribution is 5.18. The molecule has 0 fully saturated rings. The highest BCUT2D eigenvalue weighted by atomic mass is 16.4. The van der Waals surface area contributed by atoms with Gasteiger partial charge in [-0.25, -0.2) is 0 Å². The first-order chi connectivity index (χ1) is 5.09. The van der Waals surface area contributed by atoms with E-state index in [1.54, 1.807) is 0 Å². The second-order valence-electron chi connectivity index (χ2n) is 3.16. The van der Waals surface area contributed by atoms with Crippen LogP contribution in [0.3, 0.4) is 0 Å². The molecule has 0 bridgehead atoms. The van der Waals surface area contributed by atoms with Crippen molar-refractivity contribution in [1.82, 2.24) is 4.98 Å². The van der Waals surface area contributed by atoms with Crippen molar-refractivity contribution in [3.8, 4) is 0 Å². The van der Waals surface area contributed by atoms with Crippen molar-refractivity contribution >= 4 is 6.01 Å². The van der Waals surface area contributed by atoms with Crippen molar-refractivity contribution < 1.29 is 4.42 Å². The van der Waals surface area contributed by atoms with Gasteiger partial charge in [0.25, 0.3) is 6.01 Å². The van der Waals surface area contributed by atoms with E-state index >= 15 is 0 Å². The summed E-state index contributed by atoms with van der Waals surface area (Å²) in [7, 11) is 0. The molecule has 0 aliphatic carbocycles. The van der Waals surface area contributed by atoms with Crippen LogP contribution in [0.15, 0.2) is 4.42 Å². The molecule has 0 aliphatic heterocycles. The fourth-order valence-corrected chi connectivity index (χ4v) is 1.01. The van der Waals surface area contributed by atoms with Crippen molar-refractivity contribution in [2.75, 3.05) is 5.73 Å². The molecule has 1 heterocycles. The molecule has 1 aromatic heterocycles. The minimum atomic E-state index is 0.276. The smallest absolute Gasteiger partial charge is 0.292 e. The van der Waals surface area contributed by atoms with Crippen LogP contribution in [0.2, 0.25) is 0 Å². The van der Waals surface area contributed by atoms with Crippen LogP contribution in [-0.2, 0) is 6.42 Å². The Kier molecular flexibility index (Phi) is 2.17. The molecule has 1 rings (SSSR count). The molecule has 0 amide bonds. The SMILES string of the molecule is Cc1nc(N)oc1CC(C)C. The molecule has 0 aliphatic rings. The average molecular weight is 154 g/mol. The van der Waals surface area contributed by atoms with Crippen molar-refractivity contribution in [1.29, 1.82) is 0 Å². The first-order valence-corrected chi connectivity index (χ1v) is 3.81. The molecule has 2 N–H and O–H groups in total. The Morgan fingerprint density at radius 3 is 2.55 bits per heavy atom. The fraction of sp³-hybridized carbons (Fsp3) is 0.625. The van der Waals surface area contributed by atoms with Gasteiger partial charge in [0.1, 0.15) is 5.76 Å². The molecule has 0 unspecified atom stereocenters. The summed E-state index contributed by atoms with van der Waals surface area (Å²) in [5, 5.41) is 0. The number of anilines is 1. The first kappa shape index (κ1) is 8.11. The van der Waals surface area contributed by atoms with Crippen LogP contribution in [-0.4, -0.2) is 4.98 Å². The van der Waals surface area contributed by atoms with E-state index in [4.69, 9.17) is 10.2 Å². The third kappa shape index (κ3) is 1.97. The van der Waals surface area contributed by atoms with E-state index in [-0.39, 0.29) is 6.01 Å². The van der Waals surface area contributed by atoms with Crippen molar-refractivity contribution in [3.63, 3.8) is 0 Å². The predicted octanol–water partition coefficient (Wildman–Crippen LogP) is 1.76. The quantitative estimate of drug-likeness (QED) is 0.706. The Morgan fingerprint density at radius 2 is 2.18 bits per heavy atom.